The molecule has 0 aliphatic carbocycles. The Morgan fingerprint density at radius 1 is 1.44 bits per heavy atom. The number of rotatable bonds is 7. The lowest BCUT2D eigenvalue weighted by Crippen LogP contribution is -1.93. The molecule has 0 aromatic heterocycles. The Hall–Kier alpha value is -1.55. The second kappa shape index (κ2) is 7.01. The molecule has 1 atom stereocenters. The van der Waals surface area contributed by atoms with Gasteiger partial charge in [-0.15, -0.1) is 0 Å². The van der Waals surface area contributed by atoms with Gasteiger partial charge < -0.3 is 9.26 Å². The van der Waals surface area contributed by atoms with Crippen molar-refractivity contribution in [1.82, 2.24) is 0 Å². The highest BCUT2D eigenvalue weighted by molar-refractivity contribution is 7.52. The van der Waals surface area contributed by atoms with E-state index in [-0.39, 0.29) is 19.5 Å². The van der Waals surface area contributed by atoms with Crippen LogP contribution in [0, 0.1) is 0 Å². The summed E-state index contributed by atoms with van der Waals surface area (Å²) in [6.45, 7) is 1.54. The molecule has 6 nitrogen and oxygen atoms in total. The minimum atomic E-state index is -4.06. The third-order valence-corrected chi connectivity index (χ3v) is 3.36. The fraction of sp³-hybridized carbons (Fsp3) is 0.400. The van der Waals surface area contributed by atoms with E-state index >= 15 is 0 Å². The van der Waals surface area contributed by atoms with E-state index in [1.165, 1.54) is 0 Å². The van der Waals surface area contributed by atoms with Gasteiger partial charge in [0.25, 0.3) is 0 Å². The highest BCUT2D eigenvalue weighted by atomic mass is 31.2. The zero-order valence-corrected chi connectivity index (χ0v) is 10.7. The fourth-order valence-electron chi connectivity index (χ4n) is 1.28. The molecule has 0 amide bonds. The largest absolute Gasteiger partial charge is 0.488 e. The predicted molar refractivity (Wildman–Crippen MR) is 65.1 cm³/mol. The molecular weight excluding hydrogens is 260 g/mol. The van der Waals surface area contributed by atoms with Crippen LogP contribution < -0.4 is 4.74 Å². The van der Waals surface area contributed by atoms with Gasteiger partial charge in [-0.2, -0.15) is 4.20 Å². The van der Waals surface area contributed by atoms with E-state index in [9.17, 15) is 8.76 Å². The summed E-state index contributed by atoms with van der Waals surface area (Å²) in [5.74, 6) is 0.483. The Labute approximate surface area is 104 Å². The van der Waals surface area contributed by atoms with Gasteiger partial charge in [-0.1, -0.05) is 17.2 Å². The fourth-order valence-corrected chi connectivity index (χ4v) is 2.40. The molecule has 1 aromatic carbocycles. The van der Waals surface area contributed by atoms with Gasteiger partial charge in [0.05, 0.1) is 12.8 Å². The van der Waals surface area contributed by atoms with E-state index in [0.29, 0.717) is 11.3 Å². The van der Waals surface area contributed by atoms with Crippen molar-refractivity contribution in [3.63, 3.8) is 0 Å². The van der Waals surface area contributed by atoms with Crippen molar-refractivity contribution in [2.45, 2.75) is 13.1 Å². The molecule has 0 aliphatic heterocycles. The van der Waals surface area contributed by atoms with Crippen LogP contribution in [-0.2, 0) is 15.3 Å². The SMILES string of the molecule is CCOP(=O)(F)Cc1ccc(OCN=[N+]=[N-])cc1. The van der Waals surface area contributed by atoms with Gasteiger partial charge >= 0.3 is 7.68 Å². The number of hydrogen-bond acceptors (Lipinski definition) is 4. The molecule has 0 saturated heterocycles. The molecule has 8 heteroatoms. The quantitative estimate of drug-likeness (QED) is 0.325. The van der Waals surface area contributed by atoms with Crippen LogP contribution in [0.1, 0.15) is 12.5 Å². The van der Waals surface area contributed by atoms with Crippen LogP contribution in [0.4, 0.5) is 4.20 Å². The van der Waals surface area contributed by atoms with Gasteiger partial charge in [-0.3, -0.25) is 4.57 Å². The van der Waals surface area contributed by atoms with Gasteiger partial charge in [-0.05, 0) is 30.2 Å². The van der Waals surface area contributed by atoms with E-state index < -0.39 is 7.68 Å². The monoisotopic (exact) mass is 273 g/mol. The second-order valence-electron chi connectivity index (χ2n) is 3.31. The summed E-state index contributed by atoms with van der Waals surface area (Å²) in [7, 11) is -4.06. The average molecular weight is 273 g/mol. The van der Waals surface area contributed by atoms with E-state index in [0.717, 1.165) is 0 Å². The zero-order chi connectivity index (χ0) is 13.4. The van der Waals surface area contributed by atoms with Crippen molar-refractivity contribution in [2.75, 3.05) is 13.3 Å². The summed E-state index contributed by atoms with van der Waals surface area (Å²) in [4.78, 5) is 2.53. The van der Waals surface area contributed by atoms with Gasteiger partial charge in [-0.25, -0.2) is 0 Å². The first-order valence-electron chi connectivity index (χ1n) is 5.23. The maximum absolute atomic E-state index is 13.4. The molecule has 0 radical (unpaired) electrons. The number of hydrogen-bond donors (Lipinski definition) is 0. The topological polar surface area (TPSA) is 84.3 Å². The normalized spacial score (nSPS) is 13.4. The molecular formula is C10H13FN3O3P. The molecule has 0 aliphatic rings. The van der Waals surface area contributed by atoms with Crippen LogP contribution in [0.2, 0.25) is 0 Å². The van der Waals surface area contributed by atoms with E-state index in [2.05, 4.69) is 14.5 Å². The molecule has 1 rings (SSSR count). The molecule has 0 bridgehead atoms. The van der Waals surface area contributed by atoms with E-state index in [1.54, 1.807) is 31.2 Å². The van der Waals surface area contributed by atoms with Crippen molar-refractivity contribution in [3.8, 4) is 5.75 Å². The first kappa shape index (κ1) is 14.5. The van der Waals surface area contributed by atoms with Crippen molar-refractivity contribution in [3.05, 3.63) is 40.3 Å². The van der Waals surface area contributed by atoms with E-state index in [1.807, 2.05) is 0 Å². The number of nitrogens with zero attached hydrogens (tertiary/aromatic N) is 3. The molecule has 18 heavy (non-hydrogen) atoms. The third-order valence-electron chi connectivity index (χ3n) is 1.97. The number of azide groups is 1. The summed E-state index contributed by atoms with van der Waals surface area (Å²) < 4.78 is 34.3. The molecule has 98 valence electrons. The lowest BCUT2D eigenvalue weighted by Gasteiger charge is -2.09. The van der Waals surface area contributed by atoms with Crippen LogP contribution in [0.15, 0.2) is 29.4 Å². The predicted octanol–water partition coefficient (Wildman–Crippen LogP) is 4.03. The van der Waals surface area contributed by atoms with Gasteiger partial charge in [0.15, 0.2) is 6.73 Å². The van der Waals surface area contributed by atoms with Crippen molar-refractivity contribution in [1.29, 1.82) is 0 Å². The summed E-state index contributed by atoms with van der Waals surface area (Å²) >= 11 is 0. The van der Waals surface area contributed by atoms with Gasteiger partial charge in [0, 0.05) is 4.91 Å². The Bertz CT molecular complexity index is 474. The molecule has 0 fully saturated rings. The first-order chi connectivity index (χ1) is 8.57. The number of benzene rings is 1. The highest BCUT2D eigenvalue weighted by Gasteiger charge is 2.21. The minimum Gasteiger partial charge on any atom is -0.488 e. The Morgan fingerprint density at radius 2 is 2.11 bits per heavy atom. The molecule has 1 unspecified atom stereocenters. The molecule has 0 heterocycles. The van der Waals surface area contributed by atoms with Crippen molar-refractivity contribution in [2.24, 2.45) is 5.11 Å². The van der Waals surface area contributed by atoms with Gasteiger partial charge in [0.1, 0.15) is 5.75 Å². The standard InChI is InChI=1S/C10H13FN3O3P/c1-2-17-18(11,15)7-9-3-5-10(6-4-9)16-8-13-14-12/h3-6H,2,7-8H2,1H3. The van der Waals surface area contributed by atoms with Crippen LogP contribution in [0.25, 0.3) is 10.4 Å². The van der Waals surface area contributed by atoms with Crippen molar-refractivity contribution >= 4 is 7.68 Å². The minimum absolute atomic E-state index is 0.0706. The third kappa shape index (κ3) is 5.19. The lowest BCUT2D eigenvalue weighted by molar-refractivity contribution is 0.303. The second-order valence-corrected chi connectivity index (χ2v) is 5.07. The number of halogens is 1. The first-order valence-corrected chi connectivity index (χ1v) is 6.93. The highest BCUT2D eigenvalue weighted by Crippen LogP contribution is 2.51. The smallest absolute Gasteiger partial charge is 0.371 e. The Morgan fingerprint density at radius 3 is 2.67 bits per heavy atom. The van der Waals surface area contributed by atoms with Crippen molar-refractivity contribution < 1.29 is 18.0 Å². The molecule has 1 aromatic rings. The van der Waals surface area contributed by atoms with Crippen LogP contribution >= 0.6 is 7.68 Å². The Kier molecular flexibility index (Phi) is 5.65. The lowest BCUT2D eigenvalue weighted by atomic mass is 10.2. The maximum Gasteiger partial charge on any atom is 0.371 e. The average Bonchev–Trinajstić information content (AvgIpc) is 2.31. The van der Waals surface area contributed by atoms with Crippen LogP contribution in [-0.4, -0.2) is 13.3 Å². The van der Waals surface area contributed by atoms with Crippen LogP contribution in [0.3, 0.4) is 0 Å². The van der Waals surface area contributed by atoms with Gasteiger partial charge in [0.2, 0.25) is 0 Å². The summed E-state index contributed by atoms with van der Waals surface area (Å²) in [6.07, 6.45) is -0.266. The number of ether oxygens (including phenoxy) is 1. The zero-order valence-electron chi connectivity index (χ0n) is 9.82. The molecule has 0 N–H and O–H groups in total. The maximum atomic E-state index is 13.4. The summed E-state index contributed by atoms with van der Waals surface area (Å²) in [5.41, 5.74) is 8.60. The Balaban J connectivity index is 2.60. The molecule has 0 spiro atoms. The summed E-state index contributed by atoms with van der Waals surface area (Å²) in [6, 6.07) is 6.32. The summed E-state index contributed by atoms with van der Waals surface area (Å²) in [5, 5.41) is 3.21. The van der Waals surface area contributed by atoms with Crippen LogP contribution in [0.5, 0.6) is 5.75 Å². The van der Waals surface area contributed by atoms with E-state index in [4.69, 9.17) is 10.3 Å². The molecule has 0 saturated carbocycles.